The van der Waals surface area contributed by atoms with E-state index in [9.17, 15) is 13.2 Å². The standard InChI is InChI=1S/C23H22F3N3O2/c1-30-19-7-8-21(31-2)16(11-19)13-29-10-9-20-17(14-29)12-27-22(28-20)15-3-5-18(6-4-15)23(24,25)26/h3-8,11-12H,9-10,13-14H2,1-2H3. The molecule has 0 amide bonds. The van der Waals surface area contributed by atoms with Gasteiger partial charge < -0.3 is 9.47 Å². The maximum atomic E-state index is 12.8. The first-order valence-electron chi connectivity index (χ1n) is 9.83. The van der Waals surface area contributed by atoms with Crippen LogP contribution in [0.3, 0.4) is 0 Å². The lowest BCUT2D eigenvalue weighted by Gasteiger charge is -2.28. The summed E-state index contributed by atoms with van der Waals surface area (Å²) in [7, 11) is 3.28. The van der Waals surface area contributed by atoms with Crippen LogP contribution in [0.5, 0.6) is 11.5 Å². The molecule has 162 valence electrons. The number of hydrogen-bond acceptors (Lipinski definition) is 5. The molecule has 0 atom stereocenters. The van der Waals surface area contributed by atoms with E-state index < -0.39 is 11.7 Å². The molecule has 0 saturated heterocycles. The minimum Gasteiger partial charge on any atom is -0.497 e. The second-order valence-corrected chi connectivity index (χ2v) is 7.38. The van der Waals surface area contributed by atoms with Crippen LogP contribution in [0, 0.1) is 0 Å². The number of benzene rings is 2. The van der Waals surface area contributed by atoms with Gasteiger partial charge in [-0.2, -0.15) is 13.2 Å². The largest absolute Gasteiger partial charge is 0.497 e. The highest BCUT2D eigenvalue weighted by Gasteiger charge is 2.30. The molecule has 0 saturated carbocycles. The molecule has 1 aliphatic rings. The predicted molar refractivity (Wildman–Crippen MR) is 110 cm³/mol. The first-order valence-corrected chi connectivity index (χ1v) is 9.83. The van der Waals surface area contributed by atoms with Crippen molar-refractivity contribution in [3.05, 3.63) is 71.0 Å². The summed E-state index contributed by atoms with van der Waals surface area (Å²) in [5.74, 6) is 2.02. The number of alkyl halides is 3. The summed E-state index contributed by atoms with van der Waals surface area (Å²) in [6, 6.07) is 10.7. The third-order valence-corrected chi connectivity index (χ3v) is 5.36. The van der Waals surface area contributed by atoms with Gasteiger partial charge in [-0.15, -0.1) is 0 Å². The van der Waals surface area contributed by atoms with Crippen LogP contribution < -0.4 is 9.47 Å². The Kier molecular flexibility index (Phi) is 5.82. The first kappa shape index (κ1) is 21.1. The smallest absolute Gasteiger partial charge is 0.416 e. The van der Waals surface area contributed by atoms with Crippen LogP contribution in [-0.4, -0.2) is 35.6 Å². The van der Waals surface area contributed by atoms with Gasteiger partial charge in [-0.05, 0) is 30.3 Å². The summed E-state index contributed by atoms with van der Waals surface area (Å²) in [6.45, 7) is 2.18. The van der Waals surface area contributed by atoms with E-state index in [1.54, 1.807) is 20.4 Å². The number of ether oxygens (including phenoxy) is 2. The number of rotatable bonds is 5. The van der Waals surface area contributed by atoms with Crippen molar-refractivity contribution >= 4 is 0 Å². The Morgan fingerprint density at radius 3 is 2.48 bits per heavy atom. The monoisotopic (exact) mass is 429 g/mol. The molecule has 1 aliphatic heterocycles. The highest BCUT2D eigenvalue weighted by atomic mass is 19.4. The van der Waals surface area contributed by atoms with E-state index in [2.05, 4.69) is 14.9 Å². The van der Waals surface area contributed by atoms with Gasteiger partial charge in [-0.3, -0.25) is 4.90 Å². The summed E-state index contributed by atoms with van der Waals surface area (Å²) in [5.41, 5.74) is 2.87. The van der Waals surface area contributed by atoms with Crippen molar-refractivity contribution in [3.8, 4) is 22.9 Å². The van der Waals surface area contributed by atoms with Gasteiger partial charge in [0.2, 0.25) is 0 Å². The topological polar surface area (TPSA) is 47.5 Å². The lowest BCUT2D eigenvalue weighted by atomic mass is 10.0. The molecule has 4 rings (SSSR count). The molecule has 0 spiro atoms. The van der Waals surface area contributed by atoms with E-state index in [0.717, 1.165) is 53.4 Å². The fourth-order valence-electron chi connectivity index (χ4n) is 3.70. The van der Waals surface area contributed by atoms with Crippen LogP contribution in [0.25, 0.3) is 11.4 Å². The maximum Gasteiger partial charge on any atom is 0.416 e. The minimum atomic E-state index is -4.36. The van der Waals surface area contributed by atoms with Gasteiger partial charge in [-0.1, -0.05) is 12.1 Å². The molecule has 0 bridgehead atoms. The van der Waals surface area contributed by atoms with Gasteiger partial charge in [0.1, 0.15) is 11.5 Å². The van der Waals surface area contributed by atoms with Gasteiger partial charge >= 0.3 is 6.18 Å². The number of aromatic nitrogens is 2. The molecule has 8 heteroatoms. The number of halogens is 3. The molecule has 2 heterocycles. The molecule has 0 aliphatic carbocycles. The molecule has 5 nitrogen and oxygen atoms in total. The summed E-state index contributed by atoms with van der Waals surface area (Å²) < 4.78 is 49.1. The molecule has 1 aromatic heterocycles. The second-order valence-electron chi connectivity index (χ2n) is 7.38. The zero-order chi connectivity index (χ0) is 22.0. The Morgan fingerprint density at radius 2 is 1.81 bits per heavy atom. The number of hydrogen-bond donors (Lipinski definition) is 0. The van der Waals surface area contributed by atoms with Crippen molar-refractivity contribution in [2.75, 3.05) is 20.8 Å². The SMILES string of the molecule is COc1ccc(OC)c(CN2CCc3nc(-c4ccc(C(F)(F)F)cc4)ncc3C2)c1. The molecule has 0 radical (unpaired) electrons. The zero-order valence-corrected chi connectivity index (χ0v) is 17.2. The molecule has 31 heavy (non-hydrogen) atoms. The van der Waals surface area contributed by atoms with Gasteiger partial charge in [0, 0.05) is 48.9 Å². The quantitative estimate of drug-likeness (QED) is 0.587. The number of nitrogens with zero attached hydrogens (tertiary/aromatic N) is 3. The molecule has 2 aromatic carbocycles. The lowest BCUT2D eigenvalue weighted by Crippen LogP contribution is -2.31. The molecular formula is C23H22F3N3O2. The van der Waals surface area contributed by atoms with Gasteiger partial charge in [-0.25, -0.2) is 9.97 Å². The van der Waals surface area contributed by atoms with Crippen molar-refractivity contribution in [2.24, 2.45) is 0 Å². The third kappa shape index (κ3) is 4.64. The van der Waals surface area contributed by atoms with Crippen molar-refractivity contribution in [1.82, 2.24) is 14.9 Å². The fourth-order valence-corrected chi connectivity index (χ4v) is 3.70. The third-order valence-electron chi connectivity index (χ3n) is 5.36. The van der Waals surface area contributed by atoms with Crippen molar-refractivity contribution in [2.45, 2.75) is 25.7 Å². The van der Waals surface area contributed by atoms with Gasteiger partial charge in [0.25, 0.3) is 0 Å². The summed E-state index contributed by atoms with van der Waals surface area (Å²) in [6.07, 6.45) is -1.85. The Bertz CT molecular complexity index is 1070. The highest BCUT2D eigenvalue weighted by Crippen LogP contribution is 2.31. The summed E-state index contributed by atoms with van der Waals surface area (Å²) in [4.78, 5) is 11.3. The van der Waals surface area contributed by atoms with E-state index >= 15 is 0 Å². The van der Waals surface area contributed by atoms with Crippen LogP contribution in [-0.2, 0) is 25.7 Å². The van der Waals surface area contributed by atoms with Crippen molar-refractivity contribution < 1.29 is 22.6 Å². The molecular weight excluding hydrogens is 407 g/mol. The van der Waals surface area contributed by atoms with Crippen LogP contribution >= 0.6 is 0 Å². The van der Waals surface area contributed by atoms with Crippen LogP contribution in [0.1, 0.15) is 22.4 Å². The van der Waals surface area contributed by atoms with E-state index in [1.165, 1.54) is 12.1 Å². The maximum absolute atomic E-state index is 12.8. The van der Waals surface area contributed by atoms with E-state index in [4.69, 9.17) is 9.47 Å². The molecule has 0 fully saturated rings. The molecule has 3 aromatic rings. The molecule has 0 unspecified atom stereocenters. The van der Waals surface area contributed by atoms with Crippen molar-refractivity contribution in [1.29, 1.82) is 0 Å². The predicted octanol–water partition coefficient (Wildman–Crippen LogP) is 4.74. The van der Waals surface area contributed by atoms with E-state index in [1.807, 2.05) is 18.2 Å². The fraction of sp³-hybridized carbons (Fsp3) is 0.304. The van der Waals surface area contributed by atoms with E-state index in [-0.39, 0.29) is 0 Å². The number of methoxy groups -OCH3 is 2. The van der Waals surface area contributed by atoms with Crippen molar-refractivity contribution in [3.63, 3.8) is 0 Å². The van der Waals surface area contributed by atoms with Crippen LogP contribution in [0.15, 0.2) is 48.7 Å². The van der Waals surface area contributed by atoms with Gasteiger partial charge in [0.05, 0.1) is 25.5 Å². The Balaban J connectivity index is 1.50. The Morgan fingerprint density at radius 1 is 1.03 bits per heavy atom. The average molecular weight is 429 g/mol. The summed E-state index contributed by atoms with van der Waals surface area (Å²) >= 11 is 0. The summed E-state index contributed by atoms with van der Waals surface area (Å²) in [5, 5.41) is 0. The zero-order valence-electron chi connectivity index (χ0n) is 17.2. The Labute approximate surface area is 178 Å². The highest BCUT2D eigenvalue weighted by molar-refractivity contribution is 5.56. The first-order chi connectivity index (χ1) is 14.9. The molecule has 0 N–H and O–H groups in total. The van der Waals surface area contributed by atoms with Crippen LogP contribution in [0.2, 0.25) is 0 Å². The lowest BCUT2D eigenvalue weighted by molar-refractivity contribution is -0.137. The normalized spacial score (nSPS) is 14.2. The minimum absolute atomic E-state index is 0.440. The Hall–Kier alpha value is -3.13. The second kappa shape index (κ2) is 8.55. The average Bonchev–Trinajstić information content (AvgIpc) is 2.78. The van der Waals surface area contributed by atoms with Crippen LogP contribution in [0.4, 0.5) is 13.2 Å². The number of fused-ring (bicyclic) bond motifs is 1. The van der Waals surface area contributed by atoms with E-state index in [0.29, 0.717) is 24.5 Å². The van der Waals surface area contributed by atoms with Gasteiger partial charge in [0.15, 0.2) is 5.82 Å².